The number of hydrogen-bond acceptors (Lipinski definition) is 7. The predicted octanol–water partition coefficient (Wildman–Crippen LogP) is 3.44. The van der Waals surface area contributed by atoms with Crippen LogP contribution in [-0.4, -0.2) is 37.5 Å². The number of anilines is 1. The average molecular weight is 411 g/mol. The normalized spacial score (nSPS) is 11.7. The molecule has 0 saturated carbocycles. The SMILES string of the molecule is C[C@H](NC(=O)COC(=O)c1ccc(N(C)C)c([N+](=O)[O-])c1)c1cc2ccccc2o1. The van der Waals surface area contributed by atoms with Gasteiger partial charge in [-0.15, -0.1) is 0 Å². The molecule has 9 heteroatoms. The highest BCUT2D eigenvalue weighted by Crippen LogP contribution is 2.28. The van der Waals surface area contributed by atoms with Crippen molar-refractivity contribution in [3.8, 4) is 0 Å². The van der Waals surface area contributed by atoms with Crippen molar-refractivity contribution < 1.29 is 23.7 Å². The Kier molecular flexibility index (Phi) is 6.01. The number of amides is 1. The van der Waals surface area contributed by atoms with Crippen molar-refractivity contribution in [2.24, 2.45) is 0 Å². The minimum Gasteiger partial charge on any atom is -0.459 e. The second-order valence-electron chi connectivity index (χ2n) is 6.91. The Hall–Kier alpha value is -3.88. The fraction of sp³-hybridized carbons (Fsp3) is 0.238. The number of benzene rings is 2. The zero-order valence-corrected chi connectivity index (χ0v) is 16.7. The number of carbonyl (C=O) groups is 2. The molecule has 9 nitrogen and oxygen atoms in total. The summed E-state index contributed by atoms with van der Waals surface area (Å²) in [6.07, 6.45) is 0. The van der Waals surface area contributed by atoms with Crippen LogP contribution in [0.15, 0.2) is 52.9 Å². The van der Waals surface area contributed by atoms with Gasteiger partial charge in [0.1, 0.15) is 17.0 Å². The van der Waals surface area contributed by atoms with Gasteiger partial charge in [-0.05, 0) is 31.2 Å². The summed E-state index contributed by atoms with van der Waals surface area (Å²) in [5.74, 6) is -0.767. The van der Waals surface area contributed by atoms with E-state index in [1.807, 2.05) is 30.3 Å². The fourth-order valence-electron chi connectivity index (χ4n) is 2.96. The summed E-state index contributed by atoms with van der Waals surface area (Å²) in [4.78, 5) is 36.6. The number of furan rings is 1. The van der Waals surface area contributed by atoms with Crippen LogP contribution >= 0.6 is 0 Å². The van der Waals surface area contributed by atoms with E-state index in [0.717, 1.165) is 11.5 Å². The molecular weight excluding hydrogens is 390 g/mol. The third-order valence-electron chi connectivity index (χ3n) is 4.47. The van der Waals surface area contributed by atoms with Crippen LogP contribution in [-0.2, 0) is 9.53 Å². The second-order valence-corrected chi connectivity index (χ2v) is 6.91. The lowest BCUT2D eigenvalue weighted by Gasteiger charge is -2.14. The zero-order valence-electron chi connectivity index (χ0n) is 16.7. The van der Waals surface area contributed by atoms with E-state index < -0.39 is 29.4 Å². The van der Waals surface area contributed by atoms with E-state index in [1.54, 1.807) is 25.9 Å². The van der Waals surface area contributed by atoms with Crippen molar-refractivity contribution in [1.82, 2.24) is 5.32 Å². The van der Waals surface area contributed by atoms with Crippen LogP contribution in [0.2, 0.25) is 0 Å². The molecule has 0 saturated heterocycles. The highest BCUT2D eigenvalue weighted by Gasteiger charge is 2.21. The van der Waals surface area contributed by atoms with Crippen LogP contribution in [0.1, 0.15) is 29.1 Å². The molecule has 1 atom stereocenters. The van der Waals surface area contributed by atoms with Gasteiger partial charge in [0, 0.05) is 25.5 Å². The van der Waals surface area contributed by atoms with E-state index in [4.69, 9.17) is 9.15 Å². The summed E-state index contributed by atoms with van der Waals surface area (Å²) >= 11 is 0. The first-order chi connectivity index (χ1) is 14.3. The van der Waals surface area contributed by atoms with Crippen molar-refractivity contribution in [1.29, 1.82) is 0 Å². The van der Waals surface area contributed by atoms with Crippen LogP contribution in [0.5, 0.6) is 0 Å². The number of rotatable bonds is 7. The average Bonchev–Trinajstić information content (AvgIpc) is 3.16. The Morgan fingerprint density at radius 1 is 1.20 bits per heavy atom. The Balaban J connectivity index is 1.60. The van der Waals surface area contributed by atoms with Gasteiger partial charge >= 0.3 is 5.97 Å². The number of fused-ring (bicyclic) bond motifs is 1. The van der Waals surface area contributed by atoms with Crippen molar-refractivity contribution in [2.45, 2.75) is 13.0 Å². The summed E-state index contributed by atoms with van der Waals surface area (Å²) < 4.78 is 10.7. The molecule has 3 rings (SSSR count). The van der Waals surface area contributed by atoms with Crippen molar-refractivity contribution >= 4 is 34.2 Å². The third-order valence-corrected chi connectivity index (χ3v) is 4.47. The molecule has 0 aliphatic carbocycles. The minimum atomic E-state index is -0.824. The maximum absolute atomic E-state index is 12.2. The molecule has 2 aromatic carbocycles. The highest BCUT2D eigenvalue weighted by molar-refractivity contribution is 5.93. The molecule has 30 heavy (non-hydrogen) atoms. The lowest BCUT2D eigenvalue weighted by molar-refractivity contribution is -0.384. The van der Waals surface area contributed by atoms with Gasteiger partial charge < -0.3 is 19.4 Å². The van der Waals surface area contributed by atoms with Gasteiger partial charge in [-0.25, -0.2) is 4.79 Å². The number of nitro benzene ring substituents is 1. The van der Waals surface area contributed by atoms with Crippen LogP contribution in [0.3, 0.4) is 0 Å². The molecule has 1 heterocycles. The van der Waals surface area contributed by atoms with E-state index in [2.05, 4.69) is 5.32 Å². The predicted molar refractivity (Wildman–Crippen MR) is 110 cm³/mol. The summed E-state index contributed by atoms with van der Waals surface area (Å²) in [6, 6.07) is 12.9. The van der Waals surface area contributed by atoms with Crippen LogP contribution < -0.4 is 10.2 Å². The molecule has 1 amide bonds. The first-order valence-electron chi connectivity index (χ1n) is 9.17. The molecule has 1 N–H and O–H groups in total. The molecule has 0 fully saturated rings. The number of para-hydroxylation sites is 1. The van der Waals surface area contributed by atoms with E-state index in [-0.39, 0.29) is 11.3 Å². The topological polar surface area (TPSA) is 115 Å². The Bertz CT molecular complexity index is 1070. The number of carbonyl (C=O) groups excluding carboxylic acids is 2. The molecule has 0 aliphatic rings. The summed E-state index contributed by atoms with van der Waals surface area (Å²) in [5, 5.41) is 14.9. The first-order valence-corrected chi connectivity index (χ1v) is 9.17. The molecule has 0 radical (unpaired) electrons. The number of nitrogens with one attached hydrogen (secondary N) is 1. The van der Waals surface area contributed by atoms with Gasteiger partial charge in [0.05, 0.1) is 16.5 Å². The maximum atomic E-state index is 12.2. The summed E-state index contributed by atoms with van der Waals surface area (Å²) in [5.41, 5.74) is 0.833. The number of hydrogen-bond donors (Lipinski definition) is 1. The Labute approximate surface area is 172 Å². The zero-order chi connectivity index (χ0) is 21.8. The Morgan fingerprint density at radius 2 is 1.93 bits per heavy atom. The van der Waals surface area contributed by atoms with Gasteiger partial charge in [0.2, 0.25) is 0 Å². The molecular formula is C21H21N3O6. The van der Waals surface area contributed by atoms with E-state index >= 15 is 0 Å². The number of nitrogens with zero attached hydrogens (tertiary/aromatic N) is 2. The second kappa shape index (κ2) is 8.64. The molecule has 0 bridgehead atoms. The molecule has 1 aromatic heterocycles. The Morgan fingerprint density at radius 3 is 2.60 bits per heavy atom. The lowest BCUT2D eigenvalue weighted by atomic mass is 10.1. The standard InChI is InChI=1S/C21H21N3O6/c1-13(19-11-14-6-4-5-7-18(14)30-19)22-20(25)12-29-21(26)15-8-9-16(23(2)3)17(10-15)24(27)28/h4-11,13H,12H2,1-3H3,(H,22,25)/t13-/m0/s1. The quantitative estimate of drug-likeness (QED) is 0.360. The van der Waals surface area contributed by atoms with E-state index in [9.17, 15) is 19.7 Å². The highest BCUT2D eigenvalue weighted by atomic mass is 16.6. The third kappa shape index (κ3) is 4.57. The fourth-order valence-corrected chi connectivity index (χ4v) is 2.96. The van der Waals surface area contributed by atoms with Crippen LogP contribution in [0, 0.1) is 10.1 Å². The smallest absolute Gasteiger partial charge is 0.338 e. The van der Waals surface area contributed by atoms with Gasteiger partial charge in [0.25, 0.3) is 11.6 Å². The molecule has 0 unspecified atom stereocenters. The van der Waals surface area contributed by atoms with Gasteiger partial charge in [0.15, 0.2) is 6.61 Å². The largest absolute Gasteiger partial charge is 0.459 e. The summed E-state index contributed by atoms with van der Waals surface area (Å²) in [7, 11) is 3.32. The van der Waals surface area contributed by atoms with Crippen LogP contribution in [0.4, 0.5) is 11.4 Å². The number of ether oxygens (including phenoxy) is 1. The van der Waals surface area contributed by atoms with E-state index in [0.29, 0.717) is 17.0 Å². The van der Waals surface area contributed by atoms with Gasteiger partial charge in [-0.1, -0.05) is 18.2 Å². The number of esters is 1. The number of nitro groups is 1. The van der Waals surface area contributed by atoms with Crippen LogP contribution in [0.25, 0.3) is 11.0 Å². The molecule has 156 valence electrons. The summed E-state index contributed by atoms with van der Waals surface area (Å²) in [6.45, 7) is 1.23. The molecule has 0 aliphatic heterocycles. The van der Waals surface area contributed by atoms with Crippen molar-refractivity contribution in [2.75, 3.05) is 25.6 Å². The first kappa shape index (κ1) is 20.8. The minimum absolute atomic E-state index is 0.00886. The molecule has 3 aromatic rings. The lowest BCUT2D eigenvalue weighted by Crippen LogP contribution is -2.31. The molecule has 0 spiro atoms. The van der Waals surface area contributed by atoms with Crippen molar-refractivity contribution in [3.63, 3.8) is 0 Å². The van der Waals surface area contributed by atoms with Crippen molar-refractivity contribution in [3.05, 3.63) is 70.0 Å². The van der Waals surface area contributed by atoms with E-state index in [1.165, 1.54) is 12.1 Å². The van der Waals surface area contributed by atoms with Gasteiger partial charge in [-0.3, -0.25) is 14.9 Å². The van der Waals surface area contributed by atoms with Gasteiger partial charge in [-0.2, -0.15) is 0 Å². The monoisotopic (exact) mass is 411 g/mol. The maximum Gasteiger partial charge on any atom is 0.338 e.